The van der Waals surface area contributed by atoms with Crippen LogP contribution in [0.1, 0.15) is 23.6 Å². The van der Waals surface area contributed by atoms with E-state index in [1.807, 2.05) is 36.4 Å². The quantitative estimate of drug-likeness (QED) is 0.420. The number of carbonyl (C=O) groups excluding carboxylic acids is 2. The van der Waals surface area contributed by atoms with Crippen molar-refractivity contribution in [1.29, 1.82) is 0 Å². The third-order valence-electron chi connectivity index (χ3n) is 4.55. The zero-order valence-corrected chi connectivity index (χ0v) is 16.6. The van der Waals surface area contributed by atoms with E-state index in [4.69, 9.17) is 9.47 Å². The summed E-state index contributed by atoms with van der Waals surface area (Å²) >= 11 is 0. The van der Waals surface area contributed by atoms with E-state index in [-0.39, 0.29) is 11.6 Å². The molecule has 1 aliphatic rings. The molecule has 0 spiro atoms. The number of rotatable bonds is 8. The molecule has 1 N–H and O–H groups in total. The fourth-order valence-electron chi connectivity index (χ4n) is 3.14. The molecule has 1 heterocycles. The van der Waals surface area contributed by atoms with Gasteiger partial charge in [-0.1, -0.05) is 36.4 Å². The van der Waals surface area contributed by atoms with Gasteiger partial charge in [0.15, 0.2) is 11.5 Å². The van der Waals surface area contributed by atoms with E-state index < -0.39 is 6.03 Å². The normalized spacial score (nSPS) is 14.8. The summed E-state index contributed by atoms with van der Waals surface area (Å²) in [5.41, 5.74) is 2.89. The van der Waals surface area contributed by atoms with Gasteiger partial charge in [0.05, 0.1) is 7.11 Å². The molecule has 0 aliphatic carbocycles. The Balaban J connectivity index is 1.93. The minimum Gasteiger partial charge on any atom is -0.493 e. The third kappa shape index (κ3) is 4.48. The van der Waals surface area contributed by atoms with Gasteiger partial charge in [0.2, 0.25) is 0 Å². The highest BCUT2D eigenvalue weighted by atomic mass is 16.5. The molecule has 3 rings (SSSR count). The van der Waals surface area contributed by atoms with Crippen LogP contribution in [-0.2, 0) is 17.8 Å². The van der Waals surface area contributed by atoms with Crippen molar-refractivity contribution in [3.05, 3.63) is 77.5 Å². The highest BCUT2D eigenvalue weighted by molar-refractivity contribution is 6.13. The molecule has 2 aromatic rings. The number of hydrogen-bond donors (Lipinski definition) is 1. The largest absolute Gasteiger partial charge is 0.493 e. The fraction of sp³-hybridized carbons (Fsp3) is 0.217. The SMILES string of the molecule is C=CCc1cc(/C=C2/NC(=O)N(CC)C2=O)cc(OC)c1OCc1ccccc1. The summed E-state index contributed by atoms with van der Waals surface area (Å²) in [7, 11) is 1.57. The van der Waals surface area contributed by atoms with E-state index in [0.29, 0.717) is 31.1 Å². The Morgan fingerprint density at radius 2 is 1.93 bits per heavy atom. The van der Waals surface area contributed by atoms with Gasteiger partial charge in [0, 0.05) is 12.1 Å². The van der Waals surface area contributed by atoms with Crippen molar-refractivity contribution in [2.45, 2.75) is 20.0 Å². The lowest BCUT2D eigenvalue weighted by atomic mass is 10.0. The first kappa shape index (κ1) is 20.2. The molecule has 0 bridgehead atoms. The second kappa shape index (κ2) is 9.10. The highest BCUT2D eigenvalue weighted by Crippen LogP contribution is 2.35. The highest BCUT2D eigenvalue weighted by Gasteiger charge is 2.32. The lowest BCUT2D eigenvalue weighted by Gasteiger charge is -2.16. The molecule has 6 nitrogen and oxygen atoms in total. The average Bonchev–Trinajstić information content (AvgIpc) is 3.00. The van der Waals surface area contributed by atoms with Crippen LogP contribution in [0.2, 0.25) is 0 Å². The number of carbonyl (C=O) groups is 2. The number of amides is 3. The smallest absolute Gasteiger partial charge is 0.328 e. The number of benzene rings is 2. The second-order valence-corrected chi connectivity index (χ2v) is 6.52. The predicted octanol–water partition coefficient (Wildman–Crippen LogP) is 3.92. The summed E-state index contributed by atoms with van der Waals surface area (Å²) in [6, 6.07) is 13.1. The van der Waals surface area contributed by atoms with Crippen LogP contribution in [0, 0.1) is 0 Å². The third-order valence-corrected chi connectivity index (χ3v) is 4.55. The van der Waals surface area contributed by atoms with Crippen LogP contribution in [0.5, 0.6) is 11.5 Å². The molecule has 0 radical (unpaired) electrons. The molecule has 6 heteroatoms. The number of methoxy groups -OCH3 is 1. The minimum absolute atomic E-state index is 0.237. The Hall–Kier alpha value is -3.54. The summed E-state index contributed by atoms with van der Waals surface area (Å²) in [4.78, 5) is 25.4. The van der Waals surface area contributed by atoms with Crippen molar-refractivity contribution >= 4 is 18.0 Å². The zero-order chi connectivity index (χ0) is 20.8. The van der Waals surface area contributed by atoms with E-state index in [0.717, 1.165) is 21.6 Å². The summed E-state index contributed by atoms with van der Waals surface area (Å²) < 4.78 is 11.6. The second-order valence-electron chi connectivity index (χ2n) is 6.52. The van der Waals surface area contributed by atoms with Crippen molar-refractivity contribution < 1.29 is 19.1 Å². The standard InChI is InChI=1S/C23H24N2O4/c1-4-9-18-12-17(13-19-22(26)25(5-2)23(27)24-19)14-20(28-3)21(18)29-15-16-10-7-6-8-11-16/h4,6-8,10-14H,1,5,9,15H2,2-3H3,(H,24,27)/b19-13+. The monoisotopic (exact) mass is 392 g/mol. The van der Waals surface area contributed by atoms with Gasteiger partial charge in [0.1, 0.15) is 12.3 Å². The Morgan fingerprint density at radius 3 is 2.55 bits per heavy atom. The Bertz CT molecular complexity index is 951. The molecule has 1 aliphatic heterocycles. The van der Waals surface area contributed by atoms with Crippen molar-refractivity contribution in [2.75, 3.05) is 13.7 Å². The summed E-state index contributed by atoms with van der Waals surface area (Å²) in [5.74, 6) is 0.845. The van der Waals surface area contributed by atoms with Gasteiger partial charge in [-0.05, 0) is 42.7 Å². The first-order chi connectivity index (χ1) is 14.1. The van der Waals surface area contributed by atoms with Gasteiger partial charge in [-0.15, -0.1) is 6.58 Å². The van der Waals surface area contributed by atoms with Crippen molar-refractivity contribution in [3.8, 4) is 11.5 Å². The fourth-order valence-corrected chi connectivity index (χ4v) is 3.14. The predicted molar refractivity (Wildman–Crippen MR) is 112 cm³/mol. The summed E-state index contributed by atoms with van der Waals surface area (Å²) in [5, 5.41) is 2.61. The molecule has 0 saturated carbocycles. The van der Waals surface area contributed by atoms with E-state index in [1.165, 1.54) is 0 Å². The topological polar surface area (TPSA) is 67.9 Å². The molecular weight excluding hydrogens is 368 g/mol. The first-order valence-electron chi connectivity index (χ1n) is 9.40. The zero-order valence-electron chi connectivity index (χ0n) is 16.6. The number of urea groups is 1. The number of nitrogens with zero attached hydrogens (tertiary/aromatic N) is 1. The van der Waals surface area contributed by atoms with Crippen LogP contribution in [0.4, 0.5) is 4.79 Å². The summed E-state index contributed by atoms with van der Waals surface area (Å²) in [6.07, 6.45) is 3.99. The number of ether oxygens (including phenoxy) is 2. The molecule has 3 amide bonds. The van der Waals surface area contributed by atoms with Crippen LogP contribution < -0.4 is 14.8 Å². The Labute approximate surface area is 170 Å². The maximum Gasteiger partial charge on any atom is 0.328 e. The minimum atomic E-state index is -0.412. The number of nitrogens with one attached hydrogen (secondary N) is 1. The van der Waals surface area contributed by atoms with Crippen molar-refractivity contribution in [3.63, 3.8) is 0 Å². The number of hydrogen-bond acceptors (Lipinski definition) is 4. The van der Waals surface area contributed by atoms with Gasteiger partial charge < -0.3 is 14.8 Å². The number of likely N-dealkylation sites (N-methyl/N-ethyl adjacent to an activating group) is 1. The molecule has 0 atom stereocenters. The van der Waals surface area contributed by atoms with Crippen LogP contribution >= 0.6 is 0 Å². The number of allylic oxidation sites excluding steroid dienone is 1. The van der Waals surface area contributed by atoms with Crippen molar-refractivity contribution in [2.24, 2.45) is 0 Å². The molecule has 29 heavy (non-hydrogen) atoms. The van der Waals surface area contributed by atoms with E-state index in [9.17, 15) is 9.59 Å². The average molecular weight is 392 g/mol. The van der Waals surface area contributed by atoms with E-state index in [1.54, 1.807) is 32.3 Å². The first-order valence-corrected chi connectivity index (χ1v) is 9.40. The van der Waals surface area contributed by atoms with Gasteiger partial charge in [-0.3, -0.25) is 9.69 Å². The Kier molecular flexibility index (Phi) is 6.34. The van der Waals surface area contributed by atoms with Gasteiger partial charge in [0.25, 0.3) is 5.91 Å². The van der Waals surface area contributed by atoms with Crippen LogP contribution in [0.15, 0.2) is 60.8 Å². The van der Waals surface area contributed by atoms with Gasteiger partial charge in [-0.2, -0.15) is 0 Å². The molecule has 1 saturated heterocycles. The van der Waals surface area contributed by atoms with Gasteiger partial charge >= 0.3 is 6.03 Å². The van der Waals surface area contributed by atoms with Gasteiger partial charge in [-0.25, -0.2) is 4.79 Å². The van der Waals surface area contributed by atoms with E-state index in [2.05, 4.69) is 11.9 Å². The molecule has 2 aromatic carbocycles. The molecule has 150 valence electrons. The van der Waals surface area contributed by atoms with Crippen LogP contribution in [-0.4, -0.2) is 30.5 Å². The molecule has 0 aromatic heterocycles. The van der Waals surface area contributed by atoms with E-state index >= 15 is 0 Å². The maximum atomic E-state index is 12.3. The molecular formula is C23H24N2O4. The molecule has 1 fully saturated rings. The van der Waals surface area contributed by atoms with Crippen LogP contribution in [0.3, 0.4) is 0 Å². The van der Waals surface area contributed by atoms with Crippen LogP contribution in [0.25, 0.3) is 6.08 Å². The van der Waals surface area contributed by atoms with Crippen molar-refractivity contribution in [1.82, 2.24) is 10.2 Å². The summed E-state index contributed by atoms with van der Waals surface area (Å²) in [6.45, 7) is 6.30. The lowest BCUT2D eigenvalue weighted by molar-refractivity contribution is -0.122. The maximum absolute atomic E-state index is 12.3. The molecule has 0 unspecified atom stereocenters. The lowest BCUT2D eigenvalue weighted by Crippen LogP contribution is -2.30. The number of imide groups is 1. The Morgan fingerprint density at radius 1 is 1.17 bits per heavy atom.